The predicted octanol–water partition coefficient (Wildman–Crippen LogP) is 5.43. The number of rotatable bonds is 7. The Labute approximate surface area is 161 Å². The van der Waals surface area contributed by atoms with Crippen molar-refractivity contribution in [2.24, 2.45) is 0 Å². The summed E-state index contributed by atoms with van der Waals surface area (Å²) >= 11 is 0. The van der Waals surface area contributed by atoms with Gasteiger partial charge in [-0.2, -0.15) is 4.98 Å². The van der Waals surface area contributed by atoms with Gasteiger partial charge >= 0.3 is 0 Å². The molecule has 1 heterocycles. The van der Waals surface area contributed by atoms with E-state index in [9.17, 15) is 0 Å². The van der Waals surface area contributed by atoms with Crippen LogP contribution in [0.4, 0.5) is 28.8 Å². The van der Waals surface area contributed by atoms with Crippen LogP contribution in [0.1, 0.15) is 25.0 Å². The highest BCUT2D eigenvalue weighted by molar-refractivity contribution is 5.65. The lowest BCUT2D eigenvalue weighted by Crippen LogP contribution is -2.21. The van der Waals surface area contributed by atoms with Gasteiger partial charge in [-0.1, -0.05) is 17.7 Å². The zero-order valence-electron chi connectivity index (χ0n) is 16.5. The third-order valence-corrected chi connectivity index (χ3v) is 4.56. The zero-order valence-corrected chi connectivity index (χ0v) is 16.5. The van der Waals surface area contributed by atoms with Crippen LogP contribution in [0, 0.1) is 13.8 Å². The molecule has 0 aliphatic carbocycles. The molecule has 5 nitrogen and oxygen atoms in total. The molecule has 2 N–H and O–H groups in total. The molecule has 0 fully saturated rings. The first-order valence-electron chi connectivity index (χ1n) is 9.38. The first kappa shape index (κ1) is 18.7. The molecule has 0 aliphatic rings. The summed E-state index contributed by atoms with van der Waals surface area (Å²) in [6.07, 6.45) is 1.76. The van der Waals surface area contributed by atoms with E-state index in [0.717, 1.165) is 30.3 Å². The Balaban J connectivity index is 1.75. The highest BCUT2D eigenvalue weighted by Crippen LogP contribution is 2.25. The van der Waals surface area contributed by atoms with E-state index in [1.54, 1.807) is 6.20 Å². The fraction of sp³-hybridized carbons (Fsp3) is 0.273. The Kier molecular flexibility index (Phi) is 5.91. The quantitative estimate of drug-likeness (QED) is 0.588. The number of nitrogens with one attached hydrogen (secondary N) is 2. The molecule has 27 heavy (non-hydrogen) atoms. The molecule has 140 valence electrons. The molecule has 3 aromatic rings. The van der Waals surface area contributed by atoms with Crippen molar-refractivity contribution in [1.82, 2.24) is 9.97 Å². The molecule has 0 spiro atoms. The highest BCUT2D eigenvalue weighted by atomic mass is 15.1. The molecular weight excluding hydrogens is 334 g/mol. The van der Waals surface area contributed by atoms with Gasteiger partial charge in [-0.25, -0.2) is 4.98 Å². The normalized spacial score (nSPS) is 10.5. The Morgan fingerprint density at radius 1 is 0.889 bits per heavy atom. The summed E-state index contributed by atoms with van der Waals surface area (Å²) in [5.74, 6) is 1.33. The van der Waals surface area contributed by atoms with Crippen LogP contribution in [-0.4, -0.2) is 23.1 Å². The third-order valence-electron chi connectivity index (χ3n) is 4.56. The molecule has 3 rings (SSSR count). The molecular formula is C22H27N5. The van der Waals surface area contributed by atoms with Gasteiger partial charge in [0, 0.05) is 36.3 Å². The number of aryl methyl sites for hydroxylation is 2. The lowest BCUT2D eigenvalue weighted by molar-refractivity contribution is 0.866. The van der Waals surface area contributed by atoms with E-state index in [4.69, 9.17) is 0 Å². The van der Waals surface area contributed by atoms with Crippen molar-refractivity contribution in [3.63, 3.8) is 0 Å². The molecule has 0 bridgehead atoms. The smallest absolute Gasteiger partial charge is 0.229 e. The minimum Gasteiger partial charge on any atom is -0.372 e. The van der Waals surface area contributed by atoms with Crippen molar-refractivity contribution in [3.05, 3.63) is 65.9 Å². The second-order valence-corrected chi connectivity index (χ2v) is 6.55. The summed E-state index contributed by atoms with van der Waals surface area (Å²) in [5.41, 5.74) is 5.65. The van der Waals surface area contributed by atoms with Gasteiger partial charge in [-0.15, -0.1) is 0 Å². The average molecular weight is 361 g/mol. The highest BCUT2D eigenvalue weighted by Gasteiger charge is 2.07. The lowest BCUT2D eigenvalue weighted by Gasteiger charge is -2.22. The number of aromatic nitrogens is 2. The number of benzene rings is 2. The monoisotopic (exact) mass is 361 g/mol. The Hall–Kier alpha value is -3.08. The first-order valence-corrected chi connectivity index (χ1v) is 9.38. The van der Waals surface area contributed by atoms with Gasteiger partial charge in [0.25, 0.3) is 0 Å². The Morgan fingerprint density at radius 2 is 1.63 bits per heavy atom. The predicted molar refractivity (Wildman–Crippen MR) is 115 cm³/mol. The molecule has 2 aromatic carbocycles. The van der Waals surface area contributed by atoms with Crippen molar-refractivity contribution in [3.8, 4) is 0 Å². The van der Waals surface area contributed by atoms with E-state index in [0.29, 0.717) is 5.95 Å². The van der Waals surface area contributed by atoms with Gasteiger partial charge in [0.05, 0.1) is 0 Å². The first-order chi connectivity index (χ1) is 13.1. The summed E-state index contributed by atoms with van der Waals surface area (Å²) < 4.78 is 0. The molecule has 0 saturated heterocycles. The molecule has 5 heteroatoms. The van der Waals surface area contributed by atoms with Crippen LogP contribution in [0.2, 0.25) is 0 Å². The fourth-order valence-electron chi connectivity index (χ4n) is 2.97. The van der Waals surface area contributed by atoms with Crippen LogP contribution >= 0.6 is 0 Å². The van der Waals surface area contributed by atoms with Gasteiger partial charge in [0.1, 0.15) is 5.82 Å². The molecule has 0 atom stereocenters. The maximum atomic E-state index is 4.57. The second-order valence-electron chi connectivity index (χ2n) is 6.55. The average Bonchev–Trinajstić information content (AvgIpc) is 2.67. The van der Waals surface area contributed by atoms with E-state index in [-0.39, 0.29) is 0 Å². The number of anilines is 5. The van der Waals surface area contributed by atoms with Gasteiger partial charge in [0.2, 0.25) is 5.95 Å². The summed E-state index contributed by atoms with van der Waals surface area (Å²) in [6.45, 7) is 10.5. The van der Waals surface area contributed by atoms with Gasteiger partial charge in [0.15, 0.2) is 0 Å². The van der Waals surface area contributed by atoms with Gasteiger partial charge in [-0.3, -0.25) is 0 Å². The lowest BCUT2D eigenvalue weighted by atomic mass is 10.1. The van der Waals surface area contributed by atoms with Crippen LogP contribution in [0.15, 0.2) is 54.7 Å². The summed E-state index contributed by atoms with van der Waals surface area (Å²) in [4.78, 5) is 11.3. The summed E-state index contributed by atoms with van der Waals surface area (Å²) in [5, 5.41) is 6.64. The van der Waals surface area contributed by atoms with Crippen LogP contribution in [0.25, 0.3) is 0 Å². The van der Waals surface area contributed by atoms with Crippen LogP contribution in [0.5, 0.6) is 0 Å². The minimum absolute atomic E-state index is 0.575. The zero-order chi connectivity index (χ0) is 19.2. The third kappa shape index (κ3) is 4.76. The number of hydrogen-bond donors (Lipinski definition) is 2. The topological polar surface area (TPSA) is 53.1 Å². The largest absolute Gasteiger partial charge is 0.372 e. The molecule has 0 aliphatic heterocycles. The van der Waals surface area contributed by atoms with E-state index >= 15 is 0 Å². The minimum atomic E-state index is 0.575. The number of hydrogen-bond acceptors (Lipinski definition) is 5. The Morgan fingerprint density at radius 3 is 2.30 bits per heavy atom. The summed E-state index contributed by atoms with van der Waals surface area (Å²) in [7, 11) is 0. The maximum Gasteiger partial charge on any atom is 0.229 e. The van der Waals surface area contributed by atoms with Crippen LogP contribution in [-0.2, 0) is 0 Å². The molecule has 1 aromatic heterocycles. The standard InChI is InChI=1S/C22H27N5/c1-5-27(6-2)19-11-12-20(17(4)15-19)25-22-23-14-13-21(26-22)24-18-9-7-16(3)8-10-18/h7-15H,5-6H2,1-4H3,(H2,23,24,25,26). The van der Waals surface area contributed by atoms with E-state index < -0.39 is 0 Å². The Bertz CT molecular complexity index is 885. The van der Waals surface area contributed by atoms with Crippen LogP contribution < -0.4 is 15.5 Å². The van der Waals surface area contributed by atoms with E-state index in [1.807, 2.05) is 18.2 Å². The number of nitrogens with zero attached hydrogens (tertiary/aromatic N) is 3. The molecule has 0 amide bonds. The van der Waals surface area contributed by atoms with Crippen molar-refractivity contribution in [1.29, 1.82) is 0 Å². The van der Waals surface area contributed by atoms with E-state index in [2.05, 4.69) is 83.5 Å². The van der Waals surface area contributed by atoms with Crippen molar-refractivity contribution < 1.29 is 0 Å². The van der Waals surface area contributed by atoms with Crippen molar-refractivity contribution in [2.45, 2.75) is 27.7 Å². The molecule has 0 saturated carbocycles. The van der Waals surface area contributed by atoms with Crippen LogP contribution in [0.3, 0.4) is 0 Å². The second kappa shape index (κ2) is 8.54. The summed E-state index contributed by atoms with van der Waals surface area (Å²) in [6, 6.07) is 16.5. The SMILES string of the molecule is CCN(CC)c1ccc(Nc2nccc(Nc3ccc(C)cc3)n2)c(C)c1. The molecule has 0 unspecified atom stereocenters. The molecule has 0 radical (unpaired) electrons. The van der Waals surface area contributed by atoms with Crippen molar-refractivity contribution >= 4 is 28.8 Å². The van der Waals surface area contributed by atoms with Crippen molar-refractivity contribution in [2.75, 3.05) is 28.6 Å². The van der Waals surface area contributed by atoms with Gasteiger partial charge < -0.3 is 15.5 Å². The maximum absolute atomic E-state index is 4.57. The fourth-order valence-corrected chi connectivity index (χ4v) is 2.97. The van der Waals surface area contributed by atoms with Gasteiger partial charge in [-0.05, 0) is 69.7 Å². The van der Waals surface area contributed by atoms with E-state index in [1.165, 1.54) is 16.8 Å².